The van der Waals surface area contributed by atoms with Crippen LogP contribution in [-0.2, 0) is 6.54 Å². The van der Waals surface area contributed by atoms with Crippen LogP contribution < -0.4 is 10.1 Å². The molecule has 0 amide bonds. The molecule has 0 radical (unpaired) electrons. The van der Waals surface area contributed by atoms with Crippen molar-refractivity contribution in [1.29, 1.82) is 0 Å². The van der Waals surface area contributed by atoms with Gasteiger partial charge >= 0.3 is 6.18 Å². The van der Waals surface area contributed by atoms with Gasteiger partial charge in [0.05, 0.1) is 5.02 Å². The fourth-order valence-electron chi connectivity index (χ4n) is 1.61. The lowest BCUT2D eigenvalue weighted by Gasteiger charge is -2.18. The first-order valence-electron chi connectivity index (χ1n) is 6.57. The van der Waals surface area contributed by atoms with Crippen molar-refractivity contribution < 1.29 is 23.0 Å². The van der Waals surface area contributed by atoms with E-state index in [0.29, 0.717) is 18.0 Å². The Balaban J connectivity index is 2.71. The van der Waals surface area contributed by atoms with E-state index in [0.717, 1.165) is 6.54 Å². The maximum atomic E-state index is 12.3. The summed E-state index contributed by atoms with van der Waals surface area (Å²) in [5, 5.41) is 12.3. The zero-order valence-electron chi connectivity index (χ0n) is 11.9. The predicted molar refractivity (Wildman–Crippen MR) is 75.6 cm³/mol. The molecule has 0 saturated heterocycles. The van der Waals surface area contributed by atoms with Gasteiger partial charge in [0.1, 0.15) is 12.4 Å². The number of ether oxygens (including phenoxy) is 1. The van der Waals surface area contributed by atoms with Gasteiger partial charge in [-0.15, -0.1) is 0 Å². The molecule has 0 aliphatic carbocycles. The Labute approximate surface area is 127 Å². The maximum absolute atomic E-state index is 12.3. The zero-order chi connectivity index (χ0) is 16.0. The van der Waals surface area contributed by atoms with Crippen LogP contribution in [0.25, 0.3) is 0 Å². The van der Waals surface area contributed by atoms with Crippen LogP contribution in [0.3, 0.4) is 0 Å². The van der Waals surface area contributed by atoms with Crippen molar-refractivity contribution in [2.45, 2.75) is 32.7 Å². The monoisotopic (exact) mass is 325 g/mol. The molecule has 2 N–H and O–H groups in total. The van der Waals surface area contributed by atoms with Crippen LogP contribution in [-0.4, -0.2) is 30.5 Å². The summed E-state index contributed by atoms with van der Waals surface area (Å²) in [6.45, 7) is 4.39. The molecular formula is C14H19ClF3NO2. The van der Waals surface area contributed by atoms with Crippen molar-refractivity contribution in [3.05, 3.63) is 28.8 Å². The molecule has 0 aliphatic rings. The Morgan fingerprint density at radius 1 is 1.33 bits per heavy atom. The summed E-state index contributed by atoms with van der Waals surface area (Å²) < 4.78 is 41.9. The second-order valence-electron chi connectivity index (χ2n) is 5.12. The number of alkyl halides is 3. The molecule has 1 aromatic carbocycles. The lowest BCUT2D eigenvalue weighted by molar-refractivity contribution is -0.210. The van der Waals surface area contributed by atoms with E-state index in [-0.39, 0.29) is 10.8 Å². The smallest absolute Gasteiger partial charge is 0.417 e. The second kappa shape index (κ2) is 7.87. The molecule has 21 heavy (non-hydrogen) atoms. The minimum absolute atomic E-state index is 0.165. The predicted octanol–water partition coefficient (Wildman–Crippen LogP) is 3.39. The number of hydrogen-bond donors (Lipinski definition) is 2. The van der Waals surface area contributed by atoms with Gasteiger partial charge in [-0.1, -0.05) is 37.6 Å². The van der Waals surface area contributed by atoms with Gasteiger partial charge in [-0.2, -0.15) is 13.2 Å². The van der Waals surface area contributed by atoms with Crippen molar-refractivity contribution in [1.82, 2.24) is 5.32 Å². The SMILES string of the molecule is CC(C)CNCc1cccc(Cl)c1OCC(O)C(F)(F)F. The van der Waals surface area contributed by atoms with E-state index in [4.69, 9.17) is 21.4 Å². The Morgan fingerprint density at radius 2 is 2.00 bits per heavy atom. The third-order valence-electron chi connectivity index (χ3n) is 2.68. The van der Waals surface area contributed by atoms with Gasteiger partial charge in [0.15, 0.2) is 6.10 Å². The van der Waals surface area contributed by atoms with Crippen LogP contribution in [0.5, 0.6) is 5.75 Å². The van der Waals surface area contributed by atoms with E-state index in [1.54, 1.807) is 12.1 Å². The average Bonchev–Trinajstić information content (AvgIpc) is 2.36. The highest BCUT2D eigenvalue weighted by atomic mass is 35.5. The third kappa shape index (κ3) is 6.11. The molecule has 7 heteroatoms. The highest BCUT2D eigenvalue weighted by Crippen LogP contribution is 2.30. The molecule has 1 aromatic rings. The van der Waals surface area contributed by atoms with Crippen molar-refractivity contribution >= 4 is 11.6 Å². The molecule has 0 heterocycles. The summed E-state index contributed by atoms with van der Waals surface area (Å²) in [6, 6.07) is 4.94. The summed E-state index contributed by atoms with van der Waals surface area (Å²) in [7, 11) is 0. The van der Waals surface area contributed by atoms with Gasteiger partial charge in [0.25, 0.3) is 0 Å². The Kier molecular flexibility index (Phi) is 6.77. The van der Waals surface area contributed by atoms with E-state index < -0.39 is 18.9 Å². The molecule has 120 valence electrons. The first kappa shape index (κ1) is 18.1. The number of halogens is 4. The number of rotatable bonds is 7. The van der Waals surface area contributed by atoms with Crippen LogP contribution in [0.1, 0.15) is 19.4 Å². The van der Waals surface area contributed by atoms with E-state index in [1.807, 2.05) is 13.8 Å². The quantitative estimate of drug-likeness (QED) is 0.807. The molecule has 0 aromatic heterocycles. The molecule has 0 bridgehead atoms. The molecule has 1 atom stereocenters. The topological polar surface area (TPSA) is 41.5 Å². The molecule has 0 spiro atoms. The largest absolute Gasteiger partial charge is 0.489 e. The van der Waals surface area contributed by atoms with Gasteiger partial charge < -0.3 is 15.2 Å². The lowest BCUT2D eigenvalue weighted by Crippen LogP contribution is -2.34. The van der Waals surface area contributed by atoms with E-state index >= 15 is 0 Å². The van der Waals surface area contributed by atoms with Gasteiger partial charge in [-0.3, -0.25) is 0 Å². The van der Waals surface area contributed by atoms with Crippen LogP contribution in [0.15, 0.2) is 18.2 Å². The maximum Gasteiger partial charge on any atom is 0.417 e. The molecule has 0 aliphatic heterocycles. The summed E-state index contributed by atoms with van der Waals surface area (Å²) in [5.41, 5.74) is 0.650. The van der Waals surface area contributed by atoms with E-state index in [9.17, 15) is 13.2 Å². The Hall–Kier alpha value is -0.980. The number of para-hydroxylation sites is 1. The summed E-state index contributed by atoms with van der Waals surface area (Å²) >= 11 is 5.95. The Morgan fingerprint density at radius 3 is 2.57 bits per heavy atom. The number of hydrogen-bond acceptors (Lipinski definition) is 3. The third-order valence-corrected chi connectivity index (χ3v) is 2.98. The van der Waals surface area contributed by atoms with Gasteiger partial charge in [0, 0.05) is 12.1 Å². The highest BCUT2D eigenvalue weighted by Gasteiger charge is 2.38. The highest BCUT2D eigenvalue weighted by molar-refractivity contribution is 6.32. The summed E-state index contributed by atoms with van der Waals surface area (Å²) in [6.07, 6.45) is -7.25. The van der Waals surface area contributed by atoms with Gasteiger partial charge in [0.2, 0.25) is 0 Å². The van der Waals surface area contributed by atoms with E-state index in [1.165, 1.54) is 6.07 Å². The van der Waals surface area contributed by atoms with Crippen molar-refractivity contribution in [2.24, 2.45) is 5.92 Å². The lowest BCUT2D eigenvalue weighted by atomic mass is 10.1. The molecule has 0 saturated carbocycles. The van der Waals surface area contributed by atoms with Crippen molar-refractivity contribution in [3.63, 3.8) is 0 Å². The minimum Gasteiger partial charge on any atom is -0.489 e. The molecule has 1 unspecified atom stereocenters. The number of aliphatic hydroxyl groups is 1. The average molecular weight is 326 g/mol. The molecular weight excluding hydrogens is 307 g/mol. The fourth-order valence-corrected chi connectivity index (χ4v) is 1.86. The first-order valence-corrected chi connectivity index (χ1v) is 6.95. The number of benzene rings is 1. The van der Waals surface area contributed by atoms with Crippen molar-refractivity contribution in [2.75, 3.05) is 13.2 Å². The summed E-state index contributed by atoms with van der Waals surface area (Å²) in [5.74, 6) is 0.610. The zero-order valence-corrected chi connectivity index (χ0v) is 12.6. The molecule has 0 fully saturated rings. The van der Waals surface area contributed by atoms with Crippen LogP contribution in [0, 0.1) is 5.92 Å². The minimum atomic E-state index is -4.71. The van der Waals surface area contributed by atoms with Crippen LogP contribution in [0.4, 0.5) is 13.2 Å². The van der Waals surface area contributed by atoms with Gasteiger partial charge in [-0.25, -0.2) is 0 Å². The second-order valence-corrected chi connectivity index (χ2v) is 5.53. The Bertz CT molecular complexity index is 452. The van der Waals surface area contributed by atoms with Gasteiger partial charge in [-0.05, 0) is 18.5 Å². The van der Waals surface area contributed by atoms with Crippen LogP contribution in [0.2, 0.25) is 5.02 Å². The first-order chi connectivity index (χ1) is 9.71. The van der Waals surface area contributed by atoms with E-state index in [2.05, 4.69) is 5.32 Å². The summed E-state index contributed by atoms with van der Waals surface area (Å²) in [4.78, 5) is 0. The van der Waals surface area contributed by atoms with Crippen molar-refractivity contribution in [3.8, 4) is 5.75 Å². The molecule has 1 rings (SSSR count). The normalized spacial score (nSPS) is 13.5. The number of aliphatic hydroxyl groups excluding tert-OH is 1. The van der Waals surface area contributed by atoms with Crippen LogP contribution >= 0.6 is 11.6 Å². The number of nitrogens with one attached hydrogen (secondary N) is 1. The molecule has 3 nitrogen and oxygen atoms in total. The standard InChI is InChI=1S/C14H19ClF3NO2/c1-9(2)6-19-7-10-4-3-5-11(15)13(10)21-8-12(20)14(16,17)18/h3-5,9,12,19-20H,6-8H2,1-2H3. The fraction of sp³-hybridized carbons (Fsp3) is 0.571.